The molecule has 2 fully saturated rings. The van der Waals surface area contributed by atoms with Crippen molar-refractivity contribution >= 4 is 46.0 Å². The first kappa shape index (κ1) is 41.6. The maximum Gasteiger partial charge on any atom is 0.573 e. The molecule has 2 aliphatic rings. The summed E-state index contributed by atoms with van der Waals surface area (Å²) in [6, 6.07) is 17.6. The molecule has 1 aromatic heterocycles. The minimum Gasteiger partial charge on any atom is -0.406 e. The topological polar surface area (TPSA) is 108 Å². The van der Waals surface area contributed by atoms with E-state index >= 15 is 0 Å². The number of carbonyl (C=O) groups is 2. The van der Waals surface area contributed by atoms with Crippen LogP contribution in [-0.2, 0) is 24.3 Å². The molecule has 2 saturated heterocycles. The van der Waals surface area contributed by atoms with Gasteiger partial charge in [-0.15, -0.1) is 13.2 Å². The van der Waals surface area contributed by atoms with Gasteiger partial charge < -0.3 is 30.6 Å². The third-order valence-electron chi connectivity index (χ3n) is 10.4. The summed E-state index contributed by atoms with van der Waals surface area (Å²) in [7, 11) is 0. The number of carbonyl (C=O) groups excluding carboxylic acids is 2. The third-order valence-corrected chi connectivity index (χ3v) is 11.1. The molecule has 3 heterocycles. The number of hydrogen-bond donors (Lipinski definition) is 3. The van der Waals surface area contributed by atoms with Crippen LogP contribution >= 0.6 is 23.2 Å². The lowest BCUT2D eigenvalue weighted by Crippen LogP contribution is -2.61. The fourth-order valence-electron chi connectivity index (χ4n) is 7.33. The van der Waals surface area contributed by atoms with Crippen molar-refractivity contribution in [3.63, 3.8) is 0 Å². The van der Waals surface area contributed by atoms with Gasteiger partial charge in [-0.3, -0.25) is 14.6 Å². The molecule has 0 bridgehead atoms. The van der Waals surface area contributed by atoms with Crippen molar-refractivity contribution in [3.05, 3.63) is 93.6 Å². The van der Waals surface area contributed by atoms with Gasteiger partial charge in [0.2, 0.25) is 5.91 Å². The number of piperidine rings is 1. The molecule has 0 radical (unpaired) electrons. The predicted octanol–water partition coefficient (Wildman–Crippen LogP) is 7.50. The van der Waals surface area contributed by atoms with E-state index in [9.17, 15) is 22.8 Å². The van der Waals surface area contributed by atoms with Crippen molar-refractivity contribution < 1.29 is 27.5 Å². The van der Waals surface area contributed by atoms with E-state index in [-0.39, 0.29) is 23.2 Å². The number of fused-ring (bicyclic) bond motifs is 1. The van der Waals surface area contributed by atoms with Crippen LogP contribution in [0.25, 0.3) is 16.6 Å². The smallest absolute Gasteiger partial charge is 0.406 e. The molecule has 0 unspecified atom stereocenters. The number of hydrogen-bond acceptors (Lipinski definition) is 6. The summed E-state index contributed by atoms with van der Waals surface area (Å²) in [5.41, 5.74) is 9.86. The average molecular weight is 817 g/mol. The Morgan fingerprint density at radius 2 is 1.50 bits per heavy atom. The van der Waals surface area contributed by atoms with E-state index in [4.69, 9.17) is 28.9 Å². The molecule has 56 heavy (non-hydrogen) atoms. The molecule has 15 heteroatoms. The highest BCUT2D eigenvalue weighted by atomic mass is 35.5. The molecule has 3 amide bonds. The number of piperazine rings is 1. The largest absolute Gasteiger partial charge is 0.573 e. The van der Waals surface area contributed by atoms with Gasteiger partial charge in [0, 0.05) is 97.3 Å². The zero-order valence-corrected chi connectivity index (χ0v) is 33.5. The number of aromatic nitrogens is 1. The Hall–Kier alpha value is -4.01. The first-order valence-electron chi connectivity index (χ1n) is 19.0. The molecule has 10 nitrogen and oxygen atoms in total. The van der Waals surface area contributed by atoms with Crippen LogP contribution in [-0.4, -0.2) is 94.5 Å². The van der Waals surface area contributed by atoms with Crippen LogP contribution in [0.1, 0.15) is 56.7 Å². The van der Waals surface area contributed by atoms with Gasteiger partial charge in [0.25, 0.3) is 0 Å². The second-order valence-corrected chi connectivity index (χ2v) is 16.7. The van der Waals surface area contributed by atoms with E-state index < -0.39 is 11.9 Å². The van der Waals surface area contributed by atoms with Crippen LogP contribution < -0.4 is 21.1 Å². The first-order chi connectivity index (χ1) is 26.5. The molecule has 0 saturated carbocycles. The number of halogens is 5. The van der Waals surface area contributed by atoms with Crippen molar-refractivity contribution in [1.82, 2.24) is 29.9 Å². The van der Waals surface area contributed by atoms with Crippen molar-refractivity contribution in [2.45, 2.75) is 77.0 Å². The van der Waals surface area contributed by atoms with Crippen LogP contribution in [0.4, 0.5) is 18.0 Å². The van der Waals surface area contributed by atoms with E-state index in [1.54, 1.807) is 17.0 Å². The molecule has 4 N–H and O–H groups in total. The van der Waals surface area contributed by atoms with E-state index in [0.717, 1.165) is 60.3 Å². The summed E-state index contributed by atoms with van der Waals surface area (Å²) >= 11 is 12.8. The number of nitrogens with zero attached hydrogens (tertiary/aromatic N) is 4. The molecule has 0 spiro atoms. The number of benzene rings is 3. The Morgan fingerprint density at radius 1 is 0.875 bits per heavy atom. The zero-order valence-electron chi connectivity index (χ0n) is 32.0. The lowest BCUT2D eigenvalue weighted by atomic mass is 9.87. The standard InChI is InChI=1S/C41H50Cl2F3N7O3/c1-39(2,3)49-38(55)52-18-15-40(47,16-19-52)37(54)48-17-5-6-29-26-53(30-10-12-31(13-11-30)56-41(44,45)46)36-24-28(9-14-32(29)36)25-50-20-22-51(23-21-50)27-33-34(42)7-4-8-35(33)43/h4,7-14,24,26H,5-6,15-23,25,27,47H2,1-3H3,(H,48,54)(H,49,55). The number of rotatable bonds is 11. The van der Waals surface area contributed by atoms with Crippen LogP contribution in [0, 0.1) is 0 Å². The number of nitrogens with two attached hydrogens (primary N) is 1. The average Bonchev–Trinajstić information content (AvgIpc) is 3.49. The Kier molecular flexibility index (Phi) is 12.8. The minimum atomic E-state index is -4.78. The van der Waals surface area contributed by atoms with E-state index in [2.05, 4.69) is 43.4 Å². The maximum absolute atomic E-state index is 13.2. The van der Waals surface area contributed by atoms with Crippen molar-refractivity contribution in [1.29, 1.82) is 0 Å². The normalized spacial score (nSPS) is 16.9. The Bertz CT molecular complexity index is 1980. The zero-order chi connectivity index (χ0) is 40.3. The van der Waals surface area contributed by atoms with Crippen LogP contribution in [0.15, 0.2) is 66.9 Å². The summed E-state index contributed by atoms with van der Waals surface area (Å²) in [4.78, 5) is 32.3. The van der Waals surface area contributed by atoms with Crippen molar-refractivity contribution in [2.24, 2.45) is 5.73 Å². The molecule has 0 atom stereocenters. The SMILES string of the molecule is CC(C)(C)NC(=O)N1CCC(N)(C(=O)NCCCc2cn(-c3ccc(OC(F)(F)F)cc3)c3cc(CN4CCN(Cc5c(Cl)cccc5Cl)CC4)ccc23)CC1. The molecule has 0 aliphatic carbocycles. The molecule has 302 valence electrons. The summed E-state index contributed by atoms with van der Waals surface area (Å²) < 4.78 is 44.8. The van der Waals surface area contributed by atoms with Gasteiger partial charge in [-0.25, -0.2) is 4.79 Å². The highest BCUT2D eigenvalue weighted by molar-refractivity contribution is 6.36. The number of nitrogens with one attached hydrogen (secondary N) is 2. The molecule has 3 aromatic carbocycles. The van der Waals surface area contributed by atoms with E-state index in [1.165, 1.54) is 12.1 Å². The minimum absolute atomic E-state index is 0.161. The van der Waals surface area contributed by atoms with Gasteiger partial charge in [-0.05, 0) is 100 Å². The van der Waals surface area contributed by atoms with E-state index in [1.807, 2.05) is 49.7 Å². The quantitative estimate of drug-likeness (QED) is 0.136. The number of aryl methyl sites for hydroxylation is 1. The summed E-state index contributed by atoms with van der Waals surface area (Å²) in [6.07, 6.45) is -0.746. The molecular weight excluding hydrogens is 766 g/mol. The van der Waals surface area contributed by atoms with Gasteiger partial charge in [-0.1, -0.05) is 41.4 Å². The number of likely N-dealkylation sites (tertiary alicyclic amines) is 1. The number of alkyl halides is 3. The van der Waals surface area contributed by atoms with Gasteiger partial charge in [0.15, 0.2) is 0 Å². The van der Waals surface area contributed by atoms with Gasteiger partial charge in [0.1, 0.15) is 5.75 Å². The summed E-state index contributed by atoms with van der Waals surface area (Å²) in [5, 5.41) is 8.33. The molecular formula is C41H50Cl2F3N7O3. The lowest BCUT2D eigenvalue weighted by Gasteiger charge is -2.39. The Labute approximate surface area is 336 Å². The fourth-order valence-corrected chi connectivity index (χ4v) is 7.84. The lowest BCUT2D eigenvalue weighted by molar-refractivity contribution is -0.274. The fraction of sp³-hybridized carbons (Fsp3) is 0.463. The first-order valence-corrected chi connectivity index (χ1v) is 19.7. The van der Waals surface area contributed by atoms with Crippen LogP contribution in [0.2, 0.25) is 10.0 Å². The number of ether oxygens (including phenoxy) is 1. The Balaban J connectivity index is 1.10. The molecule has 6 rings (SSSR count). The highest BCUT2D eigenvalue weighted by Crippen LogP contribution is 2.31. The van der Waals surface area contributed by atoms with Crippen LogP contribution in [0.3, 0.4) is 0 Å². The number of urea groups is 1. The highest BCUT2D eigenvalue weighted by Gasteiger charge is 2.39. The monoisotopic (exact) mass is 815 g/mol. The third kappa shape index (κ3) is 10.7. The Morgan fingerprint density at radius 3 is 2.11 bits per heavy atom. The number of amides is 3. The van der Waals surface area contributed by atoms with Gasteiger partial charge in [0.05, 0.1) is 11.1 Å². The second-order valence-electron chi connectivity index (χ2n) is 15.9. The van der Waals surface area contributed by atoms with E-state index in [0.29, 0.717) is 67.6 Å². The second kappa shape index (κ2) is 17.2. The summed E-state index contributed by atoms with van der Waals surface area (Å²) in [6.45, 7) is 11.9. The van der Waals surface area contributed by atoms with Gasteiger partial charge >= 0.3 is 12.4 Å². The van der Waals surface area contributed by atoms with Crippen LogP contribution in [0.5, 0.6) is 5.75 Å². The van der Waals surface area contributed by atoms with Crippen molar-refractivity contribution in [3.8, 4) is 11.4 Å². The molecule has 4 aromatic rings. The van der Waals surface area contributed by atoms with Gasteiger partial charge in [-0.2, -0.15) is 0 Å². The summed E-state index contributed by atoms with van der Waals surface area (Å²) in [5.74, 6) is -0.517. The molecule has 2 aliphatic heterocycles. The van der Waals surface area contributed by atoms with Crippen molar-refractivity contribution in [2.75, 3.05) is 45.8 Å². The predicted molar refractivity (Wildman–Crippen MR) is 214 cm³/mol. The maximum atomic E-state index is 13.2.